The SMILES string of the molecule is CC(=O)O[C@@H]1CC[C@]2(C)[C@H]3CC[C@H]4[C@@](C)(CC[C@H]5C(C)(C)[C@@H](O)CC[C@@]54C)CC3=CC[C@H]2C1(C)C. The van der Waals surface area contributed by atoms with Crippen LogP contribution in [0.1, 0.15) is 120 Å². The Balaban J connectivity index is 1.47. The molecule has 5 rings (SSSR count). The van der Waals surface area contributed by atoms with Crippen molar-refractivity contribution in [2.45, 2.75) is 132 Å². The standard InChI is InChI=1S/C32H52O3/c1-20(33)35-27-15-18-31(7)22-10-12-25-30(6,19-21(22)9-11-23(31)29(27,4)5)16-13-24-28(2,3)26(34)14-17-32(24,25)8/h9,22-27,34H,10-19H2,1-8H3/t22-,23-,24-,25-,26-,27+,30-,31+,32-/m0/s1. The molecule has 0 radical (unpaired) electrons. The van der Waals surface area contributed by atoms with Crippen LogP contribution in [0.15, 0.2) is 11.6 Å². The van der Waals surface area contributed by atoms with Crippen LogP contribution in [-0.2, 0) is 9.53 Å². The summed E-state index contributed by atoms with van der Waals surface area (Å²) in [7, 11) is 0. The first kappa shape index (κ1) is 25.8. The highest BCUT2D eigenvalue weighted by atomic mass is 16.5. The minimum atomic E-state index is -0.157. The van der Waals surface area contributed by atoms with Crippen molar-refractivity contribution < 1.29 is 14.6 Å². The molecule has 0 aromatic rings. The van der Waals surface area contributed by atoms with E-state index < -0.39 is 0 Å². The Morgan fingerprint density at radius 3 is 2.20 bits per heavy atom. The van der Waals surface area contributed by atoms with E-state index in [-0.39, 0.29) is 34.4 Å². The first-order valence-electron chi connectivity index (χ1n) is 14.7. The van der Waals surface area contributed by atoms with E-state index in [9.17, 15) is 9.90 Å². The lowest BCUT2D eigenvalue weighted by Gasteiger charge is -2.63. The van der Waals surface area contributed by atoms with Crippen LogP contribution >= 0.6 is 0 Å². The Hall–Kier alpha value is -0.830. The van der Waals surface area contributed by atoms with Crippen LogP contribution in [0.25, 0.3) is 0 Å². The molecule has 0 aromatic heterocycles. The van der Waals surface area contributed by atoms with Gasteiger partial charge in [-0.15, -0.1) is 0 Å². The average Bonchev–Trinajstić information content (AvgIpc) is 2.90. The molecule has 0 unspecified atom stereocenters. The van der Waals surface area contributed by atoms with Gasteiger partial charge in [0.2, 0.25) is 0 Å². The Morgan fingerprint density at radius 1 is 0.829 bits per heavy atom. The van der Waals surface area contributed by atoms with Crippen molar-refractivity contribution in [1.29, 1.82) is 0 Å². The number of allylic oxidation sites excluding steroid dienone is 2. The Morgan fingerprint density at radius 2 is 1.51 bits per heavy atom. The van der Waals surface area contributed by atoms with E-state index in [1.54, 1.807) is 12.5 Å². The normalized spacial score (nSPS) is 50.4. The molecule has 0 aliphatic heterocycles. The van der Waals surface area contributed by atoms with Crippen molar-refractivity contribution in [3.05, 3.63) is 11.6 Å². The fourth-order valence-corrected chi connectivity index (χ4v) is 11.3. The van der Waals surface area contributed by atoms with E-state index in [0.717, 1.165) is 25.2 Å². The molecule has 0 bridgehead atoms. The molecule has 5 aliphatic carbocycles. The zero-order valence-corrected chi connectivity index (χ0v) is 23.9. The van der Waals surface area contributed by atoms with E-state index in [1.165, 1.54) is 44.9 Å². The summed E-state index contributed by atoms with van der Waals surface area (Å²) in [5.41, 5.74) is 2.77. The number of esters is 1. The van der Waals surface area contributed by atoms with Crippen molar-refractivity contribution in [2.75, 3.05) is 0 Å². The van der Waals surface area contributed by atoms with Gasteiger partial charge in [-0.25, -0.2) is 0 Å². The number of carbonyl (C=O) groups excluding carboxylic acids is 1. The Bertz CT molecular complexity index is 900. The largest absolute Gasteiger partial charge is 0.462 e. The molecule has 0 saturated heterocycles. The maximum atomic E-state index is 11.9. The van der Waals surface area contributed by atoms with Gasteiger partial charge in [0, 0.05) is 12.3 Å². The predicted molar refractivity (Wildman–Crippen MR) is 142 cm³/mol. The maximum Gasteiger partial charge on any atom is 0.302 e. The highest BCUT2D eigenvalue weighted by Crippen LogP contribution is 2.70. The van der Waals surface area contributed by atoms with Crippen molar-refractivity contribution in [2.24, 2.45) is 50.7 Å². The number of hydrogen-bond donors (Lipinski definition) is 1. The van der Waals surface area contributed by atoms with Gasteiger partial charge in [0.15, 0.2) is 0 Å². The van der Waals surface area contributed by atoms with Crippen molar-refractivity contribution in [3.8, 4) is 0 Å². The van der Waals surface area contributed by atoms with Crippen LogP contribution in [-0.4, -0.2) is 23.3 Å². The van der Waals surface area contributed by atoms with E-state index in [4.69, 9.17) is 4.74 Å². The number of ether oxygens (including phenoxy) is 1. The molecule has 3 nitrogen and oxygen atoms in total. The number of aliphatic hydroxyl groups is 1. The molecule has 0 aromatic carbocycles. The summed E-state index contributed by atoms with van der Waals surface area (Å²) in [6, 6.07) is 0. The molecule has 3 heteroatoms. The third kappa shape index (κ3) is 3.63. The molecule has 0 heterocycles. The molecule has 9 atom stereocenters. The molecule has 35 heavy (non-hydrogen) atoms. The third-order valence-corrected chi connectivity index (χ3v) is 13.1. The van der Waals surface area contributed by atoms with Crippen molar-refractivity contribution >= 4 is 5.97 Å². The van der Waals surface area contributed by atoms with Crippen LogP contribution in [0, 0.1) is 50.7 Å². The lowest BCUT2D eigenvalue weighted by atomic mass is 9.42. The molecule has 5 aliphatic rings. The average molecular weight is 485 g/mol. The molecule has 198 valence electrons. The van der Waals surface area contributed by atoms with Crippen LogP contribution in [0.3, 0.4) is 0 Å². The minimum Gasteiger partial charge on any atom is -0.462 e. The van der Waals surface area contributed by atoms with Crippen molar-refractivity contribution in [1.82, 2.24) is 0 Å². The van der Waals surface area contributed by atoms with Gasteiger partial charge >= 0.3 is 5.97 Å². The summed E-state index contributed by atoms with van der Waals surface area (Å²) < 4.78 is 5.87. The number of fused-ring (bicyclic) bond motifs is 6. The fraction of sp³-hybridized carbons (Fsp3) is 0.906. The Labute approximate surface area is 214 Å². The van der Waals surface area contributed by atoms with Gasteiger partial charge < -0.3 is 9.84 Å². The molecule has 1 N–H and O–H groups in total. The smallest absolute Gasteiger partial charge is 0.302 e. The number of aliphatic hydroxyl groups excluding tert-OH is 1. The predicted octanol–water partition coefficient (Wildman–Crippen LogP) is 7.71. The Kier molecular flexibility index (Phi) is 5.96. The highest BCUT2D eigenvalue weighted by molar-refractivity contribution is 5.66. The molecule has 0 spiro atoms. The first-order chi connectivity index (χ1) is 16.2. The summed E-state index contributed by atoms with van der Waals surface area (Å²) in [4.78, 5) is 11.9. The van der Waals surface area contributed by atoms with Gasteiger partial charge in [-0.3, -0.25) is 4.79 Å². The first-order valence-corrected chi connectivity index (χ1v) is 14.7. The molecule has 4 fully saturated rings. The summed E-state index contributed by atoms with van der Waals surface area (Å²) in [6.07, 6.45) is 14.4. The molecule has 0 amide bonds. The molecular weight excluding hydrogens is 432 g/mol. The number of hydrogen-bond acceptors (Lipinski definition) is 3. The minimum absolute atomic E-state index is 0.00424. The fourth-order valence-electron chi connectivity index (χ4n) is 11.3. The molecule has 4 saturated carbocycles. The quantitative estimate of drug-likeness (QED) is 0.306. The van der Waals surface area contributed by atoms with Gasteiger partial charge in [-0.2, -0.15) is 0 Å². The van der Waals surface area contributed by atoms with Crippen LogP contribution in [0.5, 0.6) is 0 Å². The zero-order chi connectivity index (χ0) is 25.6. The lowest BCUT2D eigenvalue weighted by Crippen LogP contribution is -2.58. The third-order valence-electron chi connectivity index (χ3n) is 13.1. The highest BCUT2D eigenvalue weighted by Gasteiger charge is 2.63. The van der Waals surface area contributed by atoms with E-state index >= 15 is 0 Å². The van der Waals surface area contributed by atoms with Gasteiger partial charge in [0.05, 0.1) is 6.10 Å². The topological polar surface area (TPSA) is 46.5 Å². The lowest BCUT2D eigenvalue weighted by molar-refractivity contribution is -0.172. The second-order valence-corrected chi connectivity index (χ2v) is 15.5. The van der Waals surface area contributed by atoms with Crippen LogP contribution in [0.4, 0.5) is 0 Å². The summed E-state index contributed by atoms with van der Waals surface area (Å²) in [5, 5.41) is 10.9. The summed E-state index contributed by atoms with van der Waals surface area (Å²) >= 11 is 0. The monoisotopic (exact) mass is 484 g/mol. The van der Waals surface area contributed by atoms with E-state index in [1.807, 2.05) is 0 Å². The second kappa shape index (κ2) is 8.08. The number of carbonyl (C=O) groups is 1. The van der Waals surface area contributed by atoms with E-state index in [2.05, 4.69) is 54.5 Å². The number of rotatable bonds is 1. The second-order valence-electron chi connectivity index (χ2n) is 15.5. The zero-order valence-electron chi connectivity index (χ0n) is 23.9. The van der Waals surface area contributed by atoms with Gasteiger partial charge in [0.1, 0.15) is 6.10 Å². The van der Waals surface area contributed by atoms with Gasteiger partial charge in [-0.05, 0) is 110 Å². The summed E-state index contributed by atoms with van der Waals surface area (Å²) in [6.45, 7) is 18.8. The maximum absolute atomic E-state index is 11.9. The van der Waals surface area contributed by atoms with E-state index in [0.29, 0.717) is 28.6 Å². The molecular formula is C32H52O3. The van der Waals surface area contributed by atoms with Crippen LogP contribution in [0.2, 0.25) is 0 Å². The summed E-state index contributed by atoms with van der Waals surface area (Å²) in [5.74, 6) is 2.44. The van der Waals surface area contributed by atoms with Gasteiger partial charge in [0.25, 0.3) is 0 Å². The van der Waals surface area contributed by atoms with Gasteiger partial charge in [-0.1, -0.05) is 60.1 Å². The van der Waals surface area contributed by atoms with Crippen molar-refractivity contribution in [3.63, 3.8) is 0 Å². The van der Waals surface area contributed by atoms with Crippen LogP contribution < -0.4 is 0 Å².